The summed E-state index contributed by atoms with van der Waals surface area (Å²) in [6, 6.07) is 5.48. The summed E-state index contributed by atoms with van der Waals surface area (Å²) in [6.45, 7) is 6.72. The van der Waals surface area contributed by atoms with Crippen LogP contribution >= 0.6 is 0 Å². The summed E-state index contributed by atoms with van der Waals surface area (Å²) in [5.74, 6) is 0.314. The van der Waals surface area contributed by atoms with Gasteiger partial charge < -0.3 is 10.1 Å². The van der Waals surface area contributed by atoms with Crippen molar-refractivity contribution in [1.29, 1.82) is 0 Å². The maximum Gasteiger partial charge on any atom is 0.126 e. The van der Waals surface area contributed by atoms with Crippen LogP contribution in [0.1, 0.15) is 43.4 Å². The van der Waals surface area contributed by atoms with Gasteiger partial charge in [0.25, 0.3) is 0 Å². The van der Waals surface area contributed by atoms with E-state index in [1.54, 1.807) is 13.0 Å². The zero-order valence-corrected chi connectivity index (χ0v) is 11.9. The van der Waals surface area contributed by atoms with Crippen molar-refractivity contribution in [3.63, 3.8) is 0 Å². The zero-order valence-electron chi connectivity index (χ0n) is 11.9. The standard InChI is InChI=1S/C16H24FNO/c1-3-8-18-11-14-5-4-9-19-16(14)13-7-6-12(2)15(17)10-13/h6-7,10,14,16,18H,3-5,8-9,11H2,1-2H3. The summed E-state index contributed by atoms with van der Waals surface area (Å²) >= 11 is 0. The highest BCUT2D eigenvalue weighted by atomic mass is 19.1. The molecule has 0 spiro atoms. The molecule has 1 aliphatic rings. The van der Waals surface area contributed by atoms with Crippen molar-refractivity contribution in [2.24, 2.45) is 5.92 Å². The molecule has 0 aromatic heterocycles. The molecule has 1 saturated heterocycles. The molecule has 2 nitrogen and oxygen atoms in total. The Morgan fingerprint density at radius 3 is 3.00 bits per heavy atom. The molecule has 1 N–H and O–H groups in total. The molecule has 0 radical (unpaired) electrons. The van der Waals surface area contributed by atoms with Gasteiger partial charge in [-0.05, 0) is 49.9 Å². The van der Waals surface area contributed by atoms with Gasteiger partial charge in [0, 0.05) is 19.1 Å². The number of aryl methyl sites for hydroxylation is 1. The smallest absolute Gasteiger partial charge is 0.126 e. The van der Waals surface area contributed by atoms with E-state index in [1.807, 2.05) is 12.1 Å². The molecule has 2 atom stereocenters. The molecule has 1 aliphatic heterocycles. The summed E-state index contributed by atoms with van der Waals surface area (Å²) in [4.78, 5) is 0. The third-order valence-corrected chi connectivity index (χ3v) is 3.80. The van der Waals surface area contributed by atoms with Crippen molar-refractivity contribution >= 4 is 0 Å². The molecule has 1 aromatic rings. The van der Waals surface area contributed by atoms with Gasteiger partial charge in [-0.15, -0.1) is 0 Å². The molecule has 19 heavy (non-hydrogen) atoms. The maximum absolute atomic E-state index is 13.7. The Kier molecular flexibility index (Phi) is 5.34. The predicted molar refractivity (Wildman–Crippen MR) is 75.7 cm³/mol. The van der Waals surface area contributed by atoms with Gasteiger partial charge in [-0.2, -0.15) is 0 Å². The molecule has 0 aliphatic carbocycles. The van der Waals surface area contributed by atoms with Crippen LogP contribution in [0, 0.1) is 18.7 Å². The Morgan fingerprint density at radius 1 is 1.42 bits per heavy atom. The number of benzene rings is 1. The van der Waals surface area contributed by atoms with Crippen molar-refractivity contribution in [2.45, 2.75) is 39.2 Å². The second-order valence-corrected chi connectivity index (χ2v) is 5.41. The van der Waals surface area contributed by atoms with Gasteiger partial charge in [0.2, 0.25) is 0 Å². The van der Waals surface area contributed by atoms with Gasteiger partial charge in [-0.1, -0.05) is 19.1 Å². The summed E-state index contributed by atoms with van der Waals surface area (Å²) in [7, 11) is 0. The minimum Gasteiger partial charge on any atom is -0.373 e. The minimum absolute atomic E-state index is 0.0354. The average molecular weight is 265 g/mol. The zero-order chi connectivity index (χ0) is 13.7. The summed E-state index contributed by atoms with van der Waals surface area (Å²) in [5, 5.41) is 3.46. The molecule has 106 valence electrons. The molecule has 1 aromatic carbocycles. The van der Waals surface area contributed by atoms with E-state index < -0.39 is 0 Å². The normalized spacial score (nSPS) is 23.5. The summed E-state index contributed by atoms with van der Waals surface area (Å²) in [6.07, 6.45) is 3.42. The van der Waals surface area contributed by atoms with Gasteiger partial charge in [0.1, 0.15) is 5.82 Å². The number of hydrogen-bond acceptors (Lipinski definition) is 2. The fourth-order valence-corrected chi connectivity index (χ4v) is 2.67. The summed E-state index contributed by atoms with van der Waals surface area (Å²) < 4.78 is 19.6. The number of nitrogens with one attached hydrogen (secondary N) is 1. The third kappa shape index (κ3) is 3.77. The quantitative estimate of drug-likeness (QED) is 0.821. The number of hydrogen-bond donors (Lipinski definition) is 1. The van der Waals surface area contributed by atoms with Crippen molar-refractivity contribution in [3.05, 3.63) is 35.1 Å². The van der Waals surface area contributed by atoms with Gasteiger partial charge in [-0.3, -0.25) is 0 Å². The van der Waals surface area contributed by atoms with Crippen molar-refractivity contribution in [1.82, 2.24) is 5.32 Å². The molecular weight excluding hydrogens is 241 g/mol. The Labute approximate surface area is 115 Å². The molecule has 1 fully saturated rings. The average Bonchev–Trinajstić information content (AvgIpc) is 2.43. The predicted octanol–water partition coefficient (Wildman–Crippen LogP) is 3.60. The second kappa shape index (κ2) is 7.01. The van der Waals surface area contributed by atoms with Crippen molar-refractivity contribution in [2.75, 3.05) is 19.7 Å². The molecule has 0 saturated carbocycles. The van der Waals surface area contributed by atoms with Gasteiger partial charge in [-0.25, -0.2) is 4.39 Å². The van der Waals surface area contributed by atoms with Crippen LogP contribution in [-0.2, 0) is 4.74 Å². The highest BCUT2D eigenvalue weighted by Gasteiger charge is 2.27. The van der Waals surface area contributed by atoms with Crippen molar-refractivity contribution in [3.8, 4) is 0 Å². The Hall–Kier alpha value is -0.930. The Bertz CT molecular complexity index is 408. The van der Waals surface area contributed by atoms with Crippen molar-refractivity contribution < 1.29 is 9.13 Å². The lowest BCUT2D eigenvalue weighted by Gasteiger charge is -2.32. The van der Waals surface area contributed by atoms with E-state index in [9.17, 15) is 4.39 Å². The lowest BCUT2D eigenvalue weighted by molar-refractivity contribution is -0.0278. The molecule has 2 unspecified atom stereocenters. The fraction of sp³-hybridized carbons (Fsp3) is 0.625. The van der Waals surface area contributed by atoms with E-state index in [4.69, 9.17) is 4.74 Å². The largest absolute Gasteiger partial charge is 0.373 e. The van der Waals surface area contributed by atoms with Crippen LogP contribution in [0.4, 0.5) is 4.39 Å². The maximum atomic E-state index is 13.7. The highest BCUT2D eigenvalue weighted by Crippen LogP contribution is 2.33. The minimum atomic E-state index is -0.132. The van der Waals surface area contributed by atoms with Crippen LogP contribution in [0.5, 0.6) is 0 Å². The fourth-order valence-electron chi connectivity index (χ4n) is 2.67. The first-order chi connectivity index (χ1) is 9.22. The van der Waals surface area contributed by atoms with E-state index in [0.717, 1.165) is 44.5 Å². The van der Waals surface area contributed by atoms with E-state index in [1.165, 1.54) is 0 Å². The van der Waals surface area contributed by atoms with E-state index in [2.05, 4.69) is 12.2 Å². The number of halogens is 1. The molecule has 0 amide bonds. The number of rotatable bonds is 5. The van der Waals surface area contributed by atoms with Crippen LogP contribution in [0.3, 0.4) is 0 Å². The SMILES string of the molecule is CCCNCC1CCCOC1c1ccc(C)c(F)c1. The molecule has 3 heteroatoms. The van der Waals surface area contributed by atoms with Crippen LogP contribution in [0.15, 0.2) is 18.2 Å². The first kappa shape index (κ1) is 14.5. The third-order valence-electron chi connectivity index (χ3n) is 3.80. The van der Waals surface area contributed by atoms with Crippen LogP contribution in [0.2, 0.25) is 0 Å². The van der Waals surface area contributed by atoms with Gasteiger partial charge >= 0.3 is 0 Å². The second-order valence-electron chi connectivity index (χ2n) is 5.41. The van der Waals surface area contributed by atoms with E-state index in [-0.39, 0.29) is 11.9 Å². The lowest BCUT2D eigenvalue weighted by atomic mass is 9.89. The van der Waals surface area contributed by atoms with E-state index >= 15 is 0 Å². The Balaban J connectivity index is 2.07. The van der Waals surface area contributed by atoms with Gasteiger partial charge in [0.15, 0.2) is 0 Å². The topological polar surface area (TPSA) is 21.3 Å². The first-order valence-corrected chi connectivity index (χ1v) is 7.30. The first-order valence-electron chi connectivity index (χ1n) is 7.30. The lowest BCUT2D eigenvalue weighted by Crippen LogP contribution is -2.32. The van der Waals surface area contributed by atoms with Crippen LogP contribution in [-0.4, -0.2) is 19.7 Å². The highest BCUT2D eigenvalue weighted by molar-refractivity contribution is 5.25. The monoisotopic (exact) mass is 265 g/mol. The Morgan fingerprint density at radius 2 is 2.26 bits per heavy atom. The molecule has 2 rings (SSSR count). The number of ether oxygens (including phenoxy) is 1. The summed E-state index contributed by atoms with van der Waals surface area (Å²) in [5.41, 5.74) is 1.67. The van der Waals surface area contributed by atoms with E-state index in [0.29, 0.717) is 11.5 Å². The van der Waals surface area contributed by atoms with Gasteiger partial charge in [0.05, 0.1) is 6.10 Å². The molecule has 1 heterocycles. The molecular formula is C16H24FNO. The van der Waals surface area contributed by atoms with Crippen LogP contribution < -0.4 is 5.32 Å². The van der Waals surface area contributed by atoms with Crippen LogP contribution in [0.25, 0.3) is 0 Å². The molecule has 0 bridgehead atoms.